The first kappa shape index (κ1) is 13.5. The average Bonchev–Trinajstić information content (AvgIpc) is 2.15. The molecule has 0 aliphatic carbocycles. The molecule has 0 N–H and O–H groups in total. The molecule has 0 aliphatic rings. The van der Waals surface area contributed by atoms with Gasteiger partial charge in [0.2, 0.25) is 0 Å². The summed E-state index contributed by atoms with van der Waals surface area (Å²) in [5, 5.41) is 0. The van der Waals surface area contributed by atoms with Crippen LogP contribution >= 0.6 is 11.6 Å². The smallest absolute Gasteiger partial charge is 0.0351 e. The van der Waals surface area contributed by atoms with E-state index in [-0.39, 0.29) is 0 Å². The van der Waals surface area contributed by atoms with Gasteiger partial charge in [0.1, 0.15) is 0 Å². The van der Waals surface area contributed by atoms with Crippen molar-refractivity contribution >= 4 is 11.6 Å². The minimum atomic E-state index is 0.541. The molecule has 0 saturated heterocycles. The Bertz CT molecular complexity index is 313. The Morgan fingerprint density at radius 1 is 1.12 bits per heavy atom. The van der Waals surface area contributed by atoms with E-state index in [1.54, 1.807) is 0 Å². The summed E-state index contributed by atoms with van der Waals surface area (Å²) in [6.45, 7) is 10.7. The lowest BCUT2D eigenvalue weighted by atomic mass is 10.1. The topological polar surface area (TPSA) is 3.24 Å². The van der Waals surface area contributed by atoms with E-state index in [1.807, 2.05) is 0 Å². The van der Waals surface area contributed by atoms with Crippen LogP contribution in [-0.4, -0.2) is 23.4 Å². The molecule has 1 nitrogen and oxygen atoms in total. The lowest BCUT2D eigenvalue weighted by Gasteiger charge is -2.25. The zero-order chi connectivity index (χ0) is 12.1. The lowest BCUT2D eigenvalue weighted by molar-refractivity contribution is 0.226. The summed E-state index contributed by atoms with van der Waals surface area (Å²) in [6, 6.07) is 7.28. The number of rotatable bonds is 5. The molecule has 0 spiro atoms. The number of hydrogen-bond donors (Lipinski definition) is 0. The van der Waals surface area contributed by atoms with E-state index in [2.05, 4.69) is 50.8 Å². The molecular formula is C14H22ClN. The second-order valence-electron chi connectivity index (χ2n) is 4.75. The zero-order valence-electron chi connectivity index (χ0n) is 10.8. The van der Waals surface area contributed by atoms with Crippen molar-refractivity contribution < 1.29 is 0 Å². The molecule has 0 aliphatic heterocycles. The third-order valence-electron chi connectivity index (χ3n) is 2.77. The molecule has 0 heterocycles. The van der Waals surface area contributed by atoms with Gasteiger partial charge in [-0.1, -0.05) is 29.3 Å². The molecule has 1 rings (SSSR count). The van der Waals surface area contributed by atoms with Crippen LogP contribution in [0.1, 0.15) is 30.5 Å². The highest BCUT2D eigenvalue weighted by Gasteiger charge is 2.09. The highest BCUT2D eigenvalue weighted by molar-refractivity contribution is 6.18. The molecule has 0 saturated carbocycles. The van der Waals surface area contributed by atoms with Crippen molar-refractivity contribution in [3.8, 4) is 0 Å². The number of nitrogens with zero attached hydrogens (tertiary/aromatic N) is 1. The van der Waals surface area contributed by atoms with Gasteiger partial charge in [-0.15, -0.1) is 11.6 Å². The molecule has 0 aromatic heterocycles. The Kier molecular flexibility index (Phi) is 5.30. The molecule has 0 amide bonds. The molecule has 0 fully saturated rings. The molecule has 0 unspecified atom stereocenters. The standard InChI is InChI=1S/C14H22ClN/c1-11(2)16(6-5-15)10-14-8-12(3)7-13(4)9-14/h7-9,11H,5-6,10H2,1-4H3. The molecule has 2 heteroatoms. The van der Waals surface area contributed by atoms with Crippen LogP contribution in [0.5, 0.6) is 0 Å². The molecular weight excluding hydrogens is 218 g/mol. The van der Waals surface area contributed by atoms with Gasteiger partial charge in [-0.25, -0.2) is 0 Å². The van der Waals surface area contributed by atoms with Crippen molar-refractivity contribution in [2.45, 2.75) is 40.3 Å². The van der Waals surface area contributed by atoms with E-state index < -0.39 is 0 Å². The van der Waals surface area contributed by atoms with Gasteiger partial charge in [0, 0.05) is 25.0 Å². The first-order chi connectivity index (χ1) is 7.52. The number of halogens is 1. The Morgan fingerprint density at radius 3 is 2.12 bits per heavy atom. The highest BCUT2D eigenvalue weighted by Crippen LogP contribution is 2.13. The predicted octanol–water partition coefficient (Wildman–Crippen LogP) is 3.75. The van der Waals surface area contributed by atoms with Crippen LogP contribution in [0.25, 0.3) is 0 Å². The van der Waals surface area contributed by atoms with E-state index in [4.69, 9.17) is 11.6 Å². The fraction of sp³-hybridized carbons (Fsp3) is 0.571. The van der Waals surface area contributed by atoms with Crippen LogP contribution in [0, 0.1) is 13.8 Å². The normalized spacial score (nSPS) is 11.4. The van der Waals surface area contributed by atoms with Gasteiger partial charge in [0.25, 0.3) is 0 Å². The Morgan fingerprint density at radius 2 is 1.69 bits per heavy atom. The highest BCUT2D eigenvalue weighted by atomic mass is 35.5. The molecule has 0 atom stereocenters. The van der Waals surface area contributed by atoms with Crippen LogP contribution in [0.2, 0.25) is 0 Å². The minimum absolute atomic E-state index is 0.541. The van der Waals surface area contributed by atoms with E-state index in [0.717, 1.165) is 13.1 Å². The number of alkyl halides is 1. The largest absolute Gasteiger partial charge is 0.296 e. The quantitative estimate of drug-likeness (QED) is 0.708. The van der Waals surface area contributed by atoms with Gasteiger partial charge >= 0.3 is 0 Å². The predicted molar refractivity (Wildman–Crippen MR) is 72.2 cm³/mol. The van der Waals surface area contributed by atoms with E-state index >= 15 is 0 Å². The molecule has 16 heavy (non-hydrogen) atoms. The van der Waals surface area contributed by atoms with Crippen molar-refractivity contribution in [2.24, 2.45) is 0 Å². The second-order valence-corrected chi connectivity index (χ2v) is 5.13. The summed E-state index contributed by atoms with van der Waals surface area (Å²) in [5.74, 6) is 0.697. The fourth-order valence-electron chi connectivity index (χ4n) is 2.02. The number of hydrogen-bond acceptors (Lipinski definition) is 1. The number of benzene rings is 1. The Balaban J connectivity index is 2.76. The average molecular weight is 240 g/mol. The van der Waals surface area contributed by atoms with Crippen LogP contribution < -0.4 is 0 Å². The van der Waals surface area contributed by atoms with Gasteiger partial charge in [0.15, 0.2) is 0 Å². The molecule has 0 bridgehead atoms. The van der Waals surface area contributed by atoms with Crippen LogP contribution in [0.4, 0.5) is 0 Å². The molecule has 1 aromatic carbocycles. The summed E-state index contributed by atoms with van der Waals surface area (Å²) in [5.41, 5.74) is 4.06. The third-order valence-corrected chi connectivity index (χ3v) is 2.94. The van der Waals surface area contributed by atoms with Crippen molar-refractivity contribution in [2.75, 3.05) is 12.4 Å². The summed E-state index contributed by atoms with van der Waals surface area (Å²) in [6.07, 6.45) is 0. The van der Waals surface area contributed by atoms with Crippen molar-refractivity contribution in [3.63, 3.8) is 0 Å². The first-order valence-electron chi connectivity index (χ1n) is 5.90. The van der Waals surface area contributed by atoms with Gasteiger partial charge in [0.05, 0.1) is 0 Å². The van der Waals surface area contributed by atoms with Crippen LogP contribution in [0.15, 0.2) is 18.2 Å². The van der Waals surface area contributed by atoms with Gasteiger partial charge in [-0.2, -0.15) is 0 Å². The maximum absolute atomic E-state index is 5.83. The maximum Gasteiger partial charge on any atom is 0.0351 e. The monoisotopic (exact) mass is 239 g/mol. The zero-order valence-corrected chi connectivity index (χ0v) is 11.5. The summed E-state index contributed by atoms with van der Waals surface area (Å²) < 4.78 is 0. The van der Waals surface area contributed by atoms with E-state index in [1.165, 1.54) is 16.7 Å². The third kappa shape index (κ3) is 4.15. The van der Waals surface area contributed by atoms with Crippen LogP contribution in [0.3, 0.4) is 0 Å². The Hall–Kier alpha value is -0.530. The Labute approximate surface area is 104 Å². The minimum Gasteiger partial charge on any atom is -0.296 e. The van der Waals surface area contributed by atoms with Crippen LogP contribution in [-0.2, 0) is 6.54 Å². The number of aryl methyl sites for hydroxylation is 2. The van der Waals surface area contributed by atoms with Gasteiger partial charge < -0.3 is 0 Å². The van der Waals surface area contributed by atoms with Crippen molar-refractivity contribution in [1.82, 2.24) is 4.90 Å². The molecule has 1 aromatic rings. The van der Waals surface area contributed by atoms with E-state index in [0.29, 0.717) is 11.9 Å². The lowest BCUT2D eigenvalue weighted by Crippen LogP contribution is -2.32. The molecule has 0 radical (unpaired) electrons. The summed E-state index contributed by atoms with van der Waals surface area (Å²) in [4.78, 5) is 2.40. The molecule has 90 valence electrons. The van der Waals surface area contributed by atoms with Crippen molar-refractivity contribution in [3.05, 3.63) is 34.9 Å². The fourth-order valence-corrected chi connectivity index (χ4v) is 2.24. The van der Waals surface area contributed by atoms with Gasteiger partial charge in [-0.3, -0.25) is 4.90 Å². The summed E-state index contributed by atoms with van der Waals surface area (Å²) >= 11 is 5.83. The SMILES string of the molecule is Cc1cc(C)cc(CN(CCCl)C(C)C)c1. The van der Waals surface area contributed by atoms with Crippen molar-refractivity contribution in [1.29, 1.82) is 0 Å². The first-order valence-corrected chi connectivity index (χ1v) is 6.43. The second kappa shape index (κ2) is 6.27. The van der Waals surface area contributed by atoms with Gasteiger partial charge in [-0.05, 0) is 33.3 Å². The van der Waals surface area contributed by atoms with E-state index in [9.17, 15) is 0 Å². The summed E-state index contributed by atoms with van der Waals surface area (Å²) in [7, 11) is 0. The maximum atomic E-state index is 5.83.